The van der Waals surface area contributed by atoms with E-state index in [1.807, 2.05) is 0 Å². The average Bonchev–Trinajstić information content (AvgIpc) is 2.18. The van der Waals surface area contributed by atoms with Crippen molar-refractivity contribution in [3.05, 3.63) is 12.7 Å². The van der Waals surface area contributed by atoms with Gasteiger partial charge in [0.15, 0.2) is 0 Å². The second-order valence-electron chi connectivity index (χ2n) is 3.20. The predicted octanol–water partition coefficient (Wildman–Crippen LogP) is 1.80. The first-order valence-corrected chi connectivity index (χ1v) is 4.50. The molecule has 0 heterocycles. The van der Waals surface area contributed by atoms with Crippen molar-refractivity contribution in [3.8, 4) is 6.07 Å². The van der Waals surface area contributed by atoms with Crippen LogP contribution in [-0.4, -0.2) is 12.1 Å². The molecule has 0 spiro atoms. The summed E-state index contributed by atoms with van der Waals surface area (Å²) in [6, 6.07) is 2.17. The Morgan fingerprint density at radius 1 is 1.54 bits per heavy atom. The zero-order valence-electron chi connectivity index (χ0n) is 7.53. The lowest BCUT2D eigenvalue weighted by molar-refractivity contribution is -0.146. The Morgan fingerprint density at radius 2 is 2.23 bits per heavy atom. The Labute approximate surface area is 78.0 Å². The molecular weight excluding hydrogens is 166 g/mol. The van der Waals surface area contributed by atoms with Crippen molar-refractivity contribution in [1.82, 2.24) is 0 Å². The van der Waals surface area contributed by atoms with Gasteiger partial charge in [0.05, 0.1) is 12.0 Å². The van der Waals surface area contributed by atoms with E-state index in [-0.39, 0.29) is 12.0 Å². The summed E-state index contributed by atoms with van der Waals surface area (Å²) in [5.41, 5.74) is 0. The summed E-state index contributed by atoms with van der Waals surface area (Å²) >= 11 is 0. The molecule has 3 nitrogen and oxygen atoms in total. The fourth-order valence-corrected chi connectivity index (χ4v) is 1.58. The van der Waals surface area contributed by atoms with E-state index in [1.165, 1.54) is 0 Å². The number of hydrogen-bond donors (Lipinski definition) is 0. The Balaban J connectivity index is 2.50. The number of nitriles is 1. The van der Waals surface area contributed by atoms with Crippen molar-refractivity contribution >= 4 is 5.97 Å². The van der Waals surface area contributed by atoms with Crippen LogP contribution in [0.25, 0.3) is 0 Å². The molecule has 1 aliphatic rings. The van der Waals surface area contributed by atoms with E-state index in [2.05, 4.69) is 12.6 Å². The molecule has 13 heavy (non-hydrogen) atoms. The minimum atomic E-state index is -0.424. The number of carbonyl (C=O) groups is 1. The van der Waals surface area contributed by atoms with Crippen LogP contribution < -0.4 is 0 Å². The normalized spacial score (nSPS) is 27.3. The summed E-state index contributed by atoms with van der Waals surface area (Å²) in [7, 11) is 0. The molecule has 0 bridgehead atoms. The van der Waals surface area contributed by atoms with Gasteiger partial charge >= 0.3 is 5.97 Å². The smallest absolute Gasteiger partial charge is 0.330 e. The van der Waals surface area contributed by atoms with Crippen molar-refractivity contribution in [2.45, 2.75) is 31.8 Å². The van der Waals surface area contributed by atoms with Gasteiger partial charge in [0, 0.05) is 6.08 Å². The average molecular weight is 179 g/mol. The highest BCUT2D eigenvalue weighted by molar-refractivity contribution is 5.81. The van der Waals surface area contributed by atoms with Gasteiger partial charge in [-0.05, 0) is 19.3 Å². The summed E-state index contributed by atoms with van der Waals surface area (Å²) in [5.74, 6) is -0.551. The molecule has 70 valence electrons. The molecule has 0 N–H and O–H groups in total. The maximum atomic E-state index is 10.9. The van der Waals surface area contributed by atoms with E-state index >= 15 is 0 Å². The molecule has 1 aliphatic carbocycles. The summed E-state index contributed by atoms with van der Waals surface area (Å²) in [6.07, 6.45) is 4.66. The van der Waals surface area contributed by atoms with Crippen LogP contribution in [-0.2, 0) is 9.53 Å². The maximum Gasteiger partial charge on any atom is 0.330 e. The zero-order valence-corrected chi connectivity index (χ0v) is 7.53. The van der Waals surface area contributed by atoms with Gasteiger partial charge in [-0.1, -0.05) is 13.0 Å². The van der Waals surface area contributed by atoms with Gasteiger partial charge in [0.25, 0.3) is 0 Å². The molecule has 2 atom stereocenters. The molecule has 0 amide bonds. The molecule has 2 unspecified atom stereocenters. The Bertz CT molecular complexity index is 242. The van der Waals surface area contributed by atoms with Crippen LogP contribution in [0.3, 0.4) is 0 Å². The van der Waals surface area contributed by atoms with Gasteiger partial charge in [-0.15, -0.1) is 0 Å². The third kappa shape index (κ3) is 2.59. The lowest BCUT2D eigenvalue weighted by Crippen LogP contribution is -2.28. The Morgan fingerprint density at radius 3 is 2.85 bits per heavy atom. The Hall–Kier alpha value is -1.30. The summed E-state index contributed by atoms with van der Waals surface area (Å²) < 4.78 is 5.06. The lowest BCUT2D eigenvalue weighted by Gasteiger charge is -2.25. The molecule has 0 radical (unpaired) electrons. The lowest BCUT2D eigenvalue weighted by atomic mass is 9.87. The van der Waals surface area contributed by atoms with Crippen LogP contribution in [0.1, 0.15) is 25.7 Å². The molecule has 1 rings (SSSR count). The van der Waals surface area contributed by atoms with Gasteiger partial charge in [0.1, 0.15) is 6.10 Å². The van der Waals surface area contributed by atoms with Crippen LogP contribution in [0.15, 0.2) is 12.7 Å². The Kier molecular flexibility index (Phi) is 3.51. The van der Waals surface area contributed by atoms with Crippen LogP contribution in [0.4, 0.5) is 0 Å². The second kappa shape index (κ2) is 4.66. The van der Waals surface area contributed by atoms with Crippen molar-refractivity contribution in [3.63, 3.8) is 0 Å². The van der Waals surface area contributed by atoms with Gasteiger partial charge in [-0.25, -0.2) is 4.79 Å². The van der Waals surface area contributed by atoms with E-state index in [9.17, 15) is 4.79 Å². The SMILES string of the molecule is C=CC(=O)OC1CCCCC1C#N. The number of rotatable bonds is 2. The largest absolute Gasteiger partial charge is 0.458 e. The van der Waals surface area contributed by atoms with Gasteiger partial charge in [0.2, 0.25) is 0 Å². The third-order valence-electron chi connectivity index (χ3n) is 2.30. The topological polar surface area (TPSA) is 50.1 Å². The van der Waals surface area contributed by atoms with Gasteiger partial charge in [-0.2, -0.15) is 5.26 Å². The fourth-order valence-electron chi connectivity index (χ4n) is 1.58. The van der Waals surface area contributed by atoms with Crippen LogP contribution in [0.2, 0.25) is 0 Å². The first-order valence-electron chi connectivity index (χ1n) is 4.50. The minimum absolute atomic E-state index is 0.127. The highest BCUT2D eigenvalue weighted by Gasteiger charge is 2.27. The number of ether oxygens (including phenoxy) is 1. The van der Waals surface area contributed by atoms with Crippen molar-refractivity contribution in [2.75, 3.05) is 0 Å². The van der Waals surface area contributed by atoms with Crippen molar-refractivity contribution in [1.29, 1.82) is 5.26 Å². The number of nitrogens with zero attached hydrogens (tertiary/aromatic N) is 1. The number of hydrogen-bond acceptors (Lipinski definition) is 3. The minimum Gasteiger partial charge on any atom is -0.458 e. The predicted molar refractivity (Wildman–Crippen MR) is 47.6 cm³/mol. The second-order valence-corrected chi connectivity index (χ2v) is 3.20. The van der Waals surface area contributed by atoms with E-state index in [4.69, 9.17) is 10.00 Å². The van der Waals surface area contributed by atoms with Crippen LogP contribution >= 0.6 is 0 Å². The van der Waals surface area contributed by atoms with Gasteiger partial charge < -0.3 is 4.74 Å². The highest BCUT2D eigenvalue weighted by atomic mass is 16.5. The molecule has 0 aromatic carbocycles. The molecule has 1 saturated carbocycles. The summed E-state index contributed by atoms with van der Waals surface area (Å²) in [4.78, 5) is 10.9. The molecule has 0 saturated heterocycles. The third-order valence-corrected chi connectivity index (χ3v) is 2.30. The molecule has 1 fully saturated rings. The first-order chi connectivity index (χ1) is 6.27. The molecule has 0 aliphatic heterocycles. The van der Waals surface area contributed by atoms with E-state index in [1.54, 1.807) is 0 Å². The number of carbonyl (C=O) groups excluding carboxylic acids is 1. The van der Waals surface area contributed by atoms with E-state index in [0.717, 1.165) is 31.8 Å². The van der Waals surface area contributed by atoms with Crippen LogP contribution in [0.5, 0.6) is 0 Å². The zero-order chi connectivity index (χ0) is 9.68. The summed E-state index contributed by atoms with van der Waals surface area (Å²) in [5, 5.41) is 8.78. The monoisotopic (exact) mass is 179 g/mol. The summed E-state index contributed by atoms with van der Waals surface area (Å²) in [6.45, 7) is 3.32. The molecular formula is C10H13NO2. The van der Waals surface area contributed by atoms with E-state index < -0.39 is 5.97 Å². The quantitative estimate of drug-likeness (QED) is 0.479. The van der Waals surface area contributed by atoms with Crippen molar-refractivity contribution < 1.29 is 9.53 Å². The molecule has 0 aromatic heterocycles. The van der Waals surface area contributed by atoms with E-state index in [0.29, 0.717) is 0 Å². The highest BCUT2D eigenvalue weighted by Crippen LogP contribution is 2.26. The van der Waals surface area contributed by atoms with Crippen molar-refractivity contribution in [2.24, 2.45) is 5.92 Å². The molecule has 0 aromatic rings. The standard InChI is InChI=1S/C10H13NO2/c1-2-10(12)13-9-6-4-3-5-8(9)7-11/h2,8-9H,1,3-6H2. The fraction of sp³-hybridized carbons (Fsp3) is 0.600. The first kappa shape index (κ1) is 9.79. The van der Waals surface area contributed by atoms with Gasteiger partial charge in [-0.3, -0.25) is 0 Å². The maximum absolute atomic E-state index is 10.9. The van der Waals surface area contributed by atoms with Crippen LogP contribution in [0, 0.1) is 17.2 Å². The number of esters is 1. The molecule has 3 heteroatoms.